The summed E-state index contributed by atoms with van der Waals surface area (Å²) >= 11 is 0. The molecule has 1 aromatic carbocycles. The predicted octanol–water partition coefficient (Wildman–Crippen LogP) is 5.81. The van der Waals surface area contributed by atoms with Crippen molar-refractivity contribution in [1.82, 2.24) is 24.5 Å². The van der Waals surface area contributed by atoms with Crippen molar-refractivity contribution in [3.63, 3.8) is 0 Å². The Labute approximate surface area is 192 Å². The van der Waals surface area contributed by atoms with E-state index < -0.39 is 6.09 Å². The first-order valence-corrected chi connectivity index (χ1v) is 11.5. The molecule has 5 rings (SSSR count). The van der Waals surface area contributed by atoms with Gasteiger partial charge in [-0.2, -0.15) is 5.10 Å². The van der Waals surface area contributed by atoms with E-state index in [1.165, 1.54) is 21.4 Å². The topological polar surface area (TPSA) is 86.5 Å². The summed E-state index contributed by atoms with van der Waals surface area (Å²) in [5.41, 5.74) is 8.81. The third kappa shape index (κ3) is 3.48. The van der Waals surface area contributed by atoms with Gasteiger partial charge in [0.1, 0.15) is 6.33 Å². The number of nitrogens with one attached hydrogen (secondary N) is 1. The maximum absolute atomic E-state index is 11.3. The molecule has 0 bridgehead atoms. The number of nitrogens with zero attached hydrogens (tertiary/aromatic N) is 4. The zero-order valence-corrected chi connectivity index (χ0v) is 19.3. The molecule has 0 unspecified atom stereocenters. The zero-order valence-electron chi connectivity index (χ0n) is 19.3. The van der Waals surface area contributed by atoms with E-state index in [4.69, 9.17) is 0 Å². The van der Waals surface area contributed by atoms with Crippen molar-refractivity contribution in [2.75, 3.05) is 13.1 Å². The van der Waals surface area contributed by atoms with Crippen LogP contribution in [0.5, 0.6) is 0 Å². The van der Waals surface area contributed by atoms with E-state index in [9.17, 15) is 9.90 Å². The van der Waals surface area contributed by atoms with Gasteiger partial charge >= 0.3 is 6.09 Å². The molecule has 7 nitrogen and oxygen atoms in total. The number of aromatic nitrogens is 4. The molecule has 170 valence electrons. The quantitative estimate of drug-likeness (QED) is 0.417. The molecule has 0 radical (unpaired) electrons. The zero-order chi connectivity index (χ0) is 23.3. The molecular formula is C26H29N5O2. The Balaban J connectivity index is 1.62. The first kappa shape index (κ1) is 21.2. The van der Waals surface area contributed by atoms with Crippen molar-refractivity contribution in [2.45, 2.75) is 45.4 Å². The molecule has 0 spiro atoms. The number of carboxylic acid groups (broad SMARTS) is 1. The Morgan fingerprint density at radius 2 is 2.06 bits per heavy atom. The van der Waals surface area contributed by atoms with E-state index in [1.807, 2.05) is 16.8 Å². The van der Waals surface area contributed by atoms with Crippen molar-refractivity contribution in [1.29, 1.82) is 0 Å². The standard InChI is InChI=1S/C26H29N5O2/c1-5-19-16(4)21(13-31-25(19)27-14-28-31)24-23(15(2)3)20-12-18(6-7-22(20)29-24)17-8-10-30(11-9-17)26(32)33/h5-7,12-15,17,29H,1,8-11H2,2-4H3,(H,32,33). The van der Waals surface area contributed by atoms with Gasteiger partial charge in [0.05, 0.1) is 5.69 Å². The van der Waals surface area contributed by atoms with Crippen molar-refractivity contribution in [3.05, 3.63) is 59.6 Å². The number of benzene rings is 1. The Hall–Kier alpha value is -3.61. The second-order valence-corrected chi connectivity index (χ2v) is 9.23. The van der Waals surface area contributed by atoms with Gasteiger partial charge in [0.15, 0.2) is 5.65 Å². The number of hydrogen-bond acceptors (Lipinski definition) is 3. The van der Waals surface area contributed by atoms with Crippen LogP contribution in [-0.2, 0) is 0 Å². The molecule has 1 aliphatic rings. The van der Waals surface area contributed by atoms with Crippen LogP contribution < -0.4 is 0 Å². The van der Waals surface area contributed by atoms with E-state index >= 15 is 0 Å². The summed E-state index contributed by atoms with van der Waals surface area (Å²) in [6, 6.07) is 6.67. The van der Waals surface area contributed by atoms with E-state index in [0.29, 0.717) is 24.9 Å². The van der Waals surface area contributed by atoms with Crippen molar-refractivity contribution < 1.29 is 9.90 Å². The third-order valence-electron chi connectivity index (χ3n) is 7.02. The maximum Gasteiger partial charge on any atom is 0.407 e. The Kier molecular flexibility index (Phi) is 5.19. The van der Waals surface area contributed by atoms with Crippen LogP contribution in [0.15, 0.2) is 37.3 Å². The molecule has 1 fully saturated rings. The monoisotopic (exact) mass is 443 g/mol. The van der Waals surface area contributed by atoms with Gasteiger partial charge in [-0.1, -0.05) is 32.6 Å². The van der Waals surface area contributed by atoms with Crippen molar-refractivity contribution >= 4 is 28.7 Å². The normalized spacial score (nSPS) is 15.1. The minimum absolute atomic E-state index is 0.316. The first-order chi connectivity index (χ1) is 15.9. The molecule has 0 saturated carbocycles. The lowest BCUT2D eigenvalue weighted by Crippen LogP contribution is -2.36. The number of aromatic amines is 1. The van der Waals surface area contributed by atoms with Crippen LogP contribution in [-0.4, -0.2) is 48.8 Å². The fraction of sp³-hybridized carbons (Fsp3) is 0.346. The number of H-pyrrole nitrogens is 1. The molecule has 2 N–H and O–H groups in total. The number of rotatable bonds is 4. The Bertz CT molecular complexity index is 1370. The second kappa shape index (κ2) is 8.06. The number of pyridine rings is 1. The second-order valence-electron chi connectivity index (χ2n) is 9.23. The van der Waals surface area contributed by atoms with E-state index in [2.05, 4.69) is 60.6 Å². The summed E-state index contributed by atoms with van der Waals surface area (Å²) in [4.78, 5) is 20.9. The maximum atomic E-state index is 11.3. The summed E-state index contributed by atoms with van der Waals surface area (Å²) < 4.78 is 1.82. The van der Waals surface area contributed by atoms with Crippen LogP contribution in [0.3, 0.4) is 0 Å². The Morgan fingerprint density at radius 3 is 2.73 bits per heavy atom. The molecule has 1 amide bonds. The summed E-state index contributed by atoms with van der Waals surface area (Å²) in [6.07, 6.45) is 6.36. The van der Waals surface area contributed by atoms with Gasteiger partial charge < -0.3 is 15.0 Å². The molecule has 1 aliphatic heterocycles. The number of carbonyl (C=O) groups is 1. The first-order valence-electron chi connectivity index (χ1n) is 11.5. The highest BCUT2D eigenvalue weighted by atomic mass is 16.4. The fourth-order valence-electron chi connectivity index (χ4n) is 5.27. The number of fused-ring (bicyclic) bond motifs is 2. The van der Waals surface area contributed by atoms with Crippen LogP contribution in [0, 0.1) is 6.92 Å². The van der Waals surface area contributed by atoms with Gasteiger partial charge in [-0.3, -0.25) is 0 Å². The van der Waals surface area contributed by atoms with Crippen LogP contribution >= 0.6 is 0 Å². The lowest BCUT2D eigenvalue weighted by Gasteiger charge is -2.30. The molecule has 3 aromatic heterocycles. The minimum Gasteiger partial charge on any atom is -0.465 e. The van der Waals surface area contributed by atoms with Crippen LogP contribution in [0.4, 0.5) is 4.79 Å². The summed E-state index contributed by atoms with van der Waals surface area (Å²) in [7, 11) is 0. The minimum atomic E-state index is -0.820. The molecule has 7 heteroatoms. The SMILES string of the molecule is C=Cc1c(C)c(-c2[nH]c3ccc(C4CCN(C(=O)O)CC4)cc3c2C(C)C)cn2ncnc12. The van der Waals surface area contributed by atoms with Gasteiger partial charge in [-0.05, 0) is 60.4 Å². The van der Waals surface area contributed by atoms with Gasteiger partial charge in [0.2, 0.25) is 0 Å². The largest absolute Gasteiger partial charge is 0.465 e. The average Bonchev–Trinajstić information content (AvgIpc) is 3.42. The van der Waals surface area contributed by atoms with Gasteiger partial charge in [0.25, 0.3) is 0 Å². The summed E-state index contributed by atoms with van der Waals surface area (Å²) in [5.74, 6) is 0.694. The molecule has 0 atom stereocenters. The predicted molar refractivity (Wildman–Crippen MR) is 131 cm³/mol. The highest BCUT2D eigenvalue weighted by Crippen LogP contribution is 2.40. The van der Waals surface area contributed by atoms with E-state index in [0.717, 1.165) is 46.4 Å². The lowest BCUT2D eigenvalue weighted by atomic mass is 9.87. The van der Waals surface area contributed by atoms with Crippen molar-refractivity contribution in [2.24, 2.45) is 0 Å². The van der Waals surface area contributed by atoms with Gasteiger partial charge in [0, 0.05) is 41.3 Å². The van der Waals surface area contributed by atoms with Gasteiger partial charge in [-0.25, -0.2) is 14.3 Å². The van der Waals surface area contributed by atoms with Gasteiger partial charge in [-0.15, -0.1) is 0 Å². The van der Waals surface area contributed by atoms with E-state index in [-0.39, 0.29) is 0 Å². The van der Waals surface area contributed by atoms with Crippen LogP contribution in [0.1, 0.15) is 60.8 Å². The summed E-state index contributed by atoms with van der Waals surface area (Å²) in [5, 5.41) is 14.9. The molecule has 1 saturated heterocycles. The lowest BCUT2D eigenvalue weighted by molar-refractivity contribution is 0.132. The molecule has 4 heterocycles. The Morgan fingerprint density at radius 1 is 1.30 bits per heavy atom. The average molecular weight is 444 g/mol. The highest BCUT2D eigenvalue weighted by Gasteiger charge is 2.25. The highest BCUT2D eigenvalue weighted by molar-refractivity contribution is 5.93. The molecular weight excluding hydrogens is 414 g/mol. The molecule has 4 aromatic rings. The molecule has 33 heavy (non-hydrogen) atoms. The van der Waals surface area contributed by atoms with Crippen molar-refractivity contribution in [3.8, 4) is 11.3 Å². The van der Waals surface area contributed by atoms with Crippen LogP contribution in [0.25, 0.3) is 33.9 Å². The number of amides is 1. The molecule has 0 aliphatic carbocycles. The van der Waals surface area contributed by atoms with E-state index in [1.54, 1.807) is 6.33 Å². The van der Waals surface area contributed by atoms with Crippen LogP contribution in [0.2, 0.25) is 0 Å². The number of likely N-dealkylation sites (tertiary alicyclic amines) is 1. The smallest absolute Gasteiger partial charge is 0.407 e. The number of piperidine rings is 1. The third-order valence-corrected chi connectivity index (χ3v) is 7.02. The fourth-order valence-corrected chi connectivity index (χ4v) is 5.27. The summed E-state index contributed by atoms with van der Waals surface area (Å²) in [6.45, 7) is 11.7. The number of hydrogen-bond donors (Lipinski definition) is 2.